The van der Waals surface area contributed by atoms with Gasteiger partial charge in [-0.2, -0.15) is 4.39 Å². The number of carbonyl (C=O) groups excluding carboxylic acids is 1. The SMILES string of the molecule is CNC(=O)C(C)(C)Cn1c(O)c(F)c(=O)[nH]c1=O. The lowest BCUT2D eigenvalue weighted by molar-refractivity contribution is -0.129. The molecular formula is C10H14FN3O4. The van der Waals surface area contributed by atoms with E-state index in [1.54, 1.807) is 4.98 Å². The molecule has 0 aromatic carbocycles. The summed E-state index contributed by atoms with van der Waals surface area (Å²) in [6, 6.07) is 0. The Bertz CT molecular complexity index is 588. The van der Waals surface area contributed by atoms with Gasteiger partial charge in [0, 0.05) is 13.6 Å². The Kier molecular flexibility index (Phi) is 3.59. The smallest absolute Gasteiger partial charge is 0.331 e. The molecule has 0 fully saturated rings. The molecule has 100 valence electrons. The van der Waals surface area contributed by atoms with Crippen LogP contribution in [0.1, 0.15) is 13.8 Å². The predicted molar refractivity (Wildman–Crippen MR) is 60.8 cm³/mol. The summed E-state index contributed by atoms with van der Waals surface area (Å²) in [5.74, 6) is -2.93. The number of rotatable bonds is 3. The zero-order valence-corrected chi connectivity index (χ0v) is 10.2. The van der Waals surface area contributed by atoms with Gasteiger partial charge in [0.15, 0.2) is 0 Å². The molecule has 3 N–H and O–H groups in total. The second-order valence-corrected chi connectivity index (χ2v) is 4.45. The maximum absolute atomic E-state index is 13.2. The van der Waals surface area contributed by atoms with Crippen LogP contribution in [0, 0.1) is 11.2 Å². The summed E-state index contributed by atoms with van der Waals surface area (Å²) in [6.45, 7) is 2.76. The van der Waals surface area contributed by atoms with Crippen LogP contribution in [0.4, 0.5) is 4.39 Å². The van der Waals surface area contributed by atoms with Crippen molar-refractivity contribution in [3.8, 4) is 5.88 Å². The molecule has 0 radical (unpaired) electrons. The molecule has 0 saturated heterocycles. The highest BCUT2D eigenvalue weighted by atomic mass is 19.1. The van der Waals surface area contributed by atoms with E-state index in [-0.39, 0.29) is 12.5 Å². The van der Waals surface area contributed by atoms with Gasteiger partial charge in [0.25, 0.3) is 5.56 Å². The molecule has 0 bridgehead atoms. The van der Waals surface area contributed by atoms with Crippen LogP contribution < -0.4 is 16.6 Å². The number of nitrogens with zero attached hydrogens (tertiary/aromatic N) is 1. The molecule has 8 heteroatoms. The van der Waals surface area contributed by atoms with Gasteiger partial charge in [-0.3, -0.25) is 19.1 Å². The second kappa shape index (κ2) is 4.63. The van der Waals surface area contributed by atoms with Crippen LogP contribution in [0.5, 0.6) is 5.88 Å². The van der Waals surface area contributed by atoms with E-state index in [9.17, 15) is 23.9 Å². The number of carbonyl (C=O) groups is 1. The summed E-state index contributed by atoms with van der Waals surface area (Å²) in [5, 5.41) is 11.8. The number of hydrogen-bond donors (Lipinski definition) is 3. The Morgan fingerprint density at radius 2 is 2.06 bits per heavy atom. The average molecular weight is 259 g/mol. The second-order valence-electron chi connectivity index (χ2n) is 4.45. The first kappa shape index (κ1) is 13.9. The molecule has 1 aromatic heterocycles. The van der Waals surface area contributed by atoms with Crippen molar-refractivity contribution in [1.29, 1.82) is 0 Å². The summed E-state index contributed by atoms with van der Waals surface area (Å²) in [4.78, 5) is 35.6. The maximum Gasteiger partial charge on any atom is 0.331 e. The van der Waals surface area contributed by atoms with Crippen molar-refractivity contribution in [2.24, 2.45) is 5.41 Å². The number of aromatic nitrogens is 2. The third kappa shape index (κ3) is 2.41. The number of aromatic hydroxyl groups is 1. The van der Waals surface area contributed by atoms with E-state index in [4.69, 9.17) is 0 Å². The minimum absolute atomic E-state index is 0.273. The number of amides is 1. The van der Waals surface area contributed by atoms with Crippen LogP contribution in [0.2, 0.25) is 0 Å². The quantitative estimate of drug-likeness (QED) is 0.658. The fourth-order valence-corrected chi connectivity index (χ4v) is 1.49. The van der Waals surface area contributed by atoms with E-state index in [0.29, 0.717) is 4.57 Å². The molecule has 0 spiro atoms. The standard InChI is InChI=1S/C10H14FN3O4/c1-10(2,8(17)12-3)4-14-7(16)5(11)6(15)13-9(14)18/h16H,4H2,1-3H3,(H,12,17)(H,13,15,18). The minimum Gasteiger partial charge on any atom is -0.492 e. The third-order valence-electron chi connectivity index (χ3n) is 2.51. The zero-order valence-electron chi connectivity index (χ0n) is 10.2. The van der Waals surface area contributed by atoms with Gasteiger partial charge in [-0.05, 0) is 13.8 Å². The molecule has 0 aliphatic rings. The van der Waals surface area contributed by atoms with E-state index >= 15 is 0 Å². The Labute approximate surface area is 101 Å². The largest absolute Gasteiger partial charge is 0.492 e. The van der Waals surface area contributed by atoms with Gasteiger partial charge in [0.2, 0.25) is 17.6 Å². The molecule has 1 amide bonds. The summed E-state index contributed by atoms with van der Waals surface area (Å²) < 4.78 is 13.8. The van der Waals surface area contributed by atoms with Crippen LogP contribution in [0.25, 0.3) is 0 Å². The molecule has 0 atom stereocenters. The van der Waals surface area contributed by atoms with Crippen LogP contribution in [-0.2, 0) is 11.3 Å². The van der Waals surface area contributed by atoms with Gasteiger partial charge < -0.3 is 10.4 Å². The van der Waals surface area contributed by atoms with Crippen molar-refractivity contribution in [2.75, 3.05) is 7.05 Å². The number of hydrogen-bond acceptors (Lipinski definition) is 4. The van der Waals surface area contributed by atoms with Gasteiger partial charge in [-0.25, -0.2) is 4.79 Å². The summed E-state index contributed by atoms with van der Waals surface area (Å²) in [6.07, 6.45) is 0. The number of nitrogens with one attached hydrogen (secondary N) is 2. The van der Waals surface area contributed by atoms with Crippen molar-refractivity contribution in [2.45, 2.75) is 20.4 Å². The topological polar surface area (TPSA) is 104 Å². The fraction of sp³-hybridized carbons (Fsp3) is 0.500. The van der Waals surface area contributed by atoms with E-state index in [1.165, 1.54) is 20.9 Å². The van der Waals surface area contributed by atoms with Crippen LogP contribution in [0.3, 0.4) is 0 Å². The van der Waals surface area contributed by atoms with Gasteiger partial charge in [0.05, 0.1) is 5.41 Å². The highest BCUT2D eigenvalue weighted by Gasteiger charge is 2.29. The highest BCUT2D eigenvalue weighted by Crippen LogP contribution is 2.20. The summed E-state index contributed by atoms with van der Waals surface area (Å²) in [7, 11) is 1.42. The molecule has 0 saturated carbocycles. The molecule has 0 aliphatic carbocycles. The van der Waals surface area contributed by atoms with Gasteiger partial charge in [0.1, 0.15) is 0 Å². The number of halogens is 1. The van der Waals surface area contributed by atoms with E-state index in [0.717, 1.165) is 0 Å². The van der Waals surface area contributed by atoms with Crippen LogP contribution in [-0.4, -0.2) is 27.6 Å². The number of H-pyrrole nitrogens is 1. The molecule has 1 aromatic rings. The van der Waals surface area contributed by atoms with E-state index < -0.39 is 28.4 Å². The Morgan fingerprint density at radius 3 is 2.56 bits per heavy atom. The molecule has 0 aliphatic heterocycles. The first-order chi connectivity index (χ1) is 8.20. The highest BCUT2D eigenvalue weighted by molar-refractivity contribution is 5.81. The minimum atomic E-state index is -1.46. The van der Waals surface area contributed by atoms with E-state index in [2.05, 4.69) is 5.32 Å². The lowest BCUT2D eigenvalue weighted by Gasteiger charge is -2.23. The van der Waals surface area contributed by atoms with Crippen molar-refractivity contribution in [1.82, 2.24) is 14.9 Å². The first-order valence-corrected chi connectivity index (χ1v) is 5.14. The van der Waals surface area contributed by atoms with Gasteiger partial charge in [-0.1, -0.05) is 0 Å². The van der Waals surface area contributed by atoms with Gasteiger partial charge in [-0.15, -0.1) is 0 Å². The van der Waals surface area contributed by atoms with E-state index in [1.807, 2.05) is 0 Å². The Morgan fingerprint density at radius 1 is 1.50 bits per heavy atom. The van der Waals surface area contributed by atoms with Crippen molar-refractivity contribution < 1.29 is 14.3 Å². The molecule has 1 rings (SSSR count). The van der Waals surface area contributed by atoms with Crippen molar-refractivity contribution in [3.63, 3.8) is 0 Å². The monoisotopic (exact) mass is 259 g/mol. The maximum atomic E-state index is 13.2. The molecular weight excluding hydrogens is 245 g/mol. The summed E-state index contributed by atoms with van der Waals surface area (Å²) in [5.41, 5.74) is -3.33. The molecule has 0 unspecified atom stereocenters. The lowest BCUT2D eigenvalue weighted by atomic mass is 9.92. The number of aromatic amines is 1. The normalized spacial score (nSPS) is 11.3. The fourth-order valence-electron chi connectivity index (χ4n) is 1.49. The van der Waals surface area contributed by atoms with Gasteiger partial charge >= 0.3 is 5.69 Å². The van der Waals surface area contributed by atoms with Crippen molar-refractivity contribution in [3.05, 3.63) is 26.7 Å². The molecule has 7 nitrogen and oxygen atoms in total. The van der Waals surface area contributed by atoms with Crippen molar-refractivity contribution >= 4 is 5.91 Å². The molecule has 1 heterocycles. The van der Waals surface area contributed by atoms with Crippen LogP contribution >= 0.6 is 0 Å². The zero-order chi connectivity index (χ0) is 14.1. The predicted octanol–water partition coefficient (Wildman–Crippen LogP) is -0.847. The van der Waals surface area contributed by atoms with Crippen LogP contribution in [0.15, 0.2) is 9.59 Å². The Balaban J connectivity index is 3.29. The third-order valence-corrected chi connectivity index (χ3v) is 2.51. The average Bonchev–Trinajstić information content (AvgIpc) is 2.31. The lowest BCUT2D eigenvalue weighted by Crippen LogP contribution is -2.42. The summed E-state index contributed by atoms with van der Waals surface area (Å²) >= 11 is 0. The Hall–Kier alpha value is -2.12. The molecule has 18 heavy (non-hydrogen) atoms. The first-order valence-electron chi connectivity index (χ1n) is 5.14.